The smallest absolute Gasteiger partial charge is 0.272 e. The molecule has 0 fully saturated rings. The zero-order valence-corrected chi connectivity index (χ0v) is 24.9. The number of nitrogens with one attached hydrogen (secondary N) is 3. The van der Waals surface area contributed by atoms with Crippen LogP contribution >= 0.6 is 35.0 Å². The minimum Gasteiger partial charge on any atom is -0.325 e. The van der Waals surface area contributed by atoms with E-state index in [2.05, 4.69) is 16.0 Å². The second-order valence-corrected chi connectivity index (χ2v) is 11.0. The van der Waals surface area contributed by atoms with Crippen LogP contribution in [0.3, 0.4) is 0 Å². The Hall–Kier alpha value is -4.64. The van der Waals surface area contributed by atoms with Crippen molar-refractivity contribution in [1.82, 2.24) is 5.32 Å². The number of carbonyl (C=O) groups excluding carboxylic acids is 3. The van der Waals surface area contributed by atoms with Crippen molar-refractivity contribution in [2.75, 3.05) is 16.4 Å². The van der Waals surface area contributed by atoms with Crippen molar-refractivity contribution < 1.29 is 19.3 Å². The highest BCUT2D eigenvalue weighted by atomic mass is 35.5. The molecule has 43 heavy (non-hydrogen) atoms. The average molecular weight is 636 g/mol. The summed E-state index contributed by atoms with van der Waals surface area (Å²) in [5, 5.41) is 19.9. The first-order valence-electron chi connectivity index (χ1n) is 12.7. The minimum atomic E-state index is -0.601. The van der Waals surface area contributed by atoms with Crippen molar-refractivity contribution >= 4 is 75.8 Å². The topological polar surface area (TPSA) is 130 Å². The molecule has 0 spiro atoms. The summed E-state index contributed by atoms with van der Waals surface area (Å²) < 4.78 is 0. The number of nitrogens with zero attached hydrogens (tertiary/aromatic N) is 1. The molecule has 0 saturated carbocycles. The van der Waals surface area contributed by atoms with E-state index in [0.29, 0.717) is 43.0 Å². The maximum Gasteiger partial charge on any atom is 0.272 e. The number of rotatable bonds is 10. The van der Waals surface area contributed by atoms with Crippen LogP contribution in [-0.2, 0) is 9.59 Å². The Labute approximate surface area is 261 Å². The van der Waals surface area contributed by atoms with Crippen LogP contribution in [0.25, 0.3) is 6.08 Å². The molecule has 218 valence electrons. The third-order valence-electron chi connectivity index (χ3n) is 5.96. The second-order valence-electron chi connectivity index (χ2n) is 9.12. The predicted octanol–water partition coefficient (Wildman–Crippen LogP) is 7.35. The Bertz CT molecular complexity index is 1730. The van der Waals surface area contributed by atoms with E-state index in [1.54, 1.807) is 79.7 Å². The highest BCUT2D eigenvalue weighted by Gasteiger charge is 2.17. The molecular formula is C31H24Cl2N4O5S. The number of hydrogen-bond acceptors (Lipinski definition) is 6. The van der Waals surface area contributed by atoms with Crippen LogP contribution in [0, 0.1) is 17.0 Å². The van der Waals surface area contributed by atoms with Gasteiger partial charge in [0.2, 0.25) is 5.91 Å². The molecule has 0 aliphatic rings. The Morgan fingerprint density at radius 1 is 0.907 bits per heavy atom. The largest absolute Gasteiger partial charge is 0.325 e. The standard InChI is InChI=1S/C31H24Cl2N4O5S/c1-19-10-13-24(37(41)42)17-27(19)35-29(38)18-43-25-9-5-8-23(16-25)34-31(40)28(14-21-11-12-22(32)15-26(21)33)36-30(39)20-6-3-2-4-7-20/h2-17H,18H2,1H3,(H,34,40)(H,35,38)(H,36,39)/b28-14+. The fraction of sp³-hybridized carbons (Fsp3) is 0.0645. The van der Waals surface area contributed by atoms with E-state index in [4.69, 9.17) is 23.2 Å². The summed E-state index contributed by atoms with van der Waals surface area (Å²) in [6, 6.07) is 24.3. The van der Waals surface area contributed by atoms with Crippen LogP contribution in [-0.4, -0.2) is 28.4 Å². The lowest BCUT2D eigenvalue weighted by molar-refractivity contribution is -0.384. The molecule has 3 amide bonds. The van der Waals surface area contributed by atoms with Gasteiger partial charge < -0.3 is 16.0 Å². The van der Waals surface area contributed by atoms with Gasteiger partial charge in [0.1, 0.15) is 5.70 Å². The predicted molar refractivity (Wildman–Crippen MR) is 171 cm³/mol. The Morgan fingerprint density at radius 2 is 1.67 bits per heavy atom. The van der Waals surface area contributed by atoms with Gasteiger partial charge in [0.05, 0.1) is 16.4 Å². The second kappa shape index (κ2) is 14.5. The fourth-order valence-electron chi connectivity index (χ4n) is 3.77. The van der Waals surface area contributed by atoms with Crippen LogP contribution in [0.2, 0.25) is 10.0 Å². The van der Waals surface area contributed by atoms with E-state index in [1.165, 1.54) is 36.0 Å². The molecule has 0 saturated heterocycles. The van der Waals surface area contributed by atoms with Gasteiger partial charge in [0.15, 0.2) is 0 Å². The summed E-state index contributed by atoms with van der Waals surface area (Å²) >= 11 is 13.5. The molecule has 0 aliphatic carbocycles. The maximum absolute atomic E-state index is 13.4. The van der Waals surface area contributed by atoms with Gasteiger partial charge in [-0.15, -0.1) is 11.8 Å². The van der Waals surface area contributed by atoms with Gasteiger partial charge in [-0.2, -0.15) is 0 Å². The van der Waals surface area contributed by atoms with Crippen molar-refractivity contribution in [3.05, 3.63) is 134 Å². The number of anilines is 2. The van der Waals surface area contributed by atoms with E-state index in [1.807, 2.05) is 0 Å². The van der Waals surface area contributed by atoms with E-state index in [-0.39, 0.29) is 23.0 Å². The third-order valence-corrected chi connectivity index (χ3v) is 7.52. The molecule has 4 aromatic rings. The van der Waals surface area contributed by atoms with E-state index < -0.39 is 16.7 Å². The number of hydrogen-bond donors (Lipinski definition) is 3. The molecule has 0 unspecified atom stereocenters. The van der Waals surface area contributed by atoms with Gasteiger partial charge in [-0.1, -0.05) is 59.6 Å². The first-order valence-corrected chi connectivity index (χ1v) is 14.5. The quantitative estimate of drug-likeness (QED) is 0.0723. The molecule has 0 heterocycles. The van der Waals surface area contributed by atoms with Gasteiger partial charge in [0.25, 0.3) is 17.5 Å². The van der Waals surface area contributed by atoms with Crippen LogP contribution in [0.15, 0.2) is 102 Å². The molecular weight excluding hydrogens is 611 g/mol. The van der Waals surface area contributed by atoms with Gasteiger partial charge >= 0.3 is 0 Å². The fourth-order valence-corrected chi connectivity index (χ4v) is 4.99. The lowest BCUT2D eigenvalue weighted by Crippen LogP contribution is -2.30. The van der Waals surface area contributed by atoms with Crippen molar-refractivity contribution in [2.45, 2.75) is 11.8 Å². The molecule has 0 atom stereocenters. The molecule has 9 nitrogen and oxygen atoms in total. The lowest BCUT2D eigenvalue weighted by atomic mass is 10.1. The molecule has 3 N–H and O–H groups in total. The molecule has 12 heteroatoms. The number of aryl methyl sites for hydroxylation is 1. The van der Waals surface area contributed by atoms with Gasteiger partial charge in [0, 0.05) is 38.3 Å². The molecule has 0 aliphatic heterocycles. The first kappa shape index (κ1) is 31.3. The number of benzene rings is 4. The summed E-state index contributed by atoms with van der Waals surface area (Å²) in [5.41, 5.74) is 2.13. The highest BCUT2D eigenvalue weighted by Crippen LogP contribution is 2.26. The summed E-state index contributed by atoms with van der Waals surface area (Å²) in [6.45, 7) is 1.74. The normalized spacial score (nSPS) is 11.0. The van der Waals surface area contributed by atoms with E-state index >= 15 is 0 Å². The Balaban J connectivity index is 1.47. The van der Waals surface area contributed by atoms with Crippen LogP contribution in [0.4, 0.5) is 17.1 Å². The Morgan fingerprint density at radius 3 is 2.40 bits per heavy atom. The summed E-state index contributed by atoms with van der Waals surface area (Å²) in [7, 11) is 0. The number of amides is 3. The van der Waals surface area contributed by atoms with Crippen LogP contribution < -0.4 is 16.0 Å². The number of non-ortho nitro benzene ring substituents is 1. The summed E-state index contributed by atoms with van der Waals surface area (Å²) in [5.74, 6) is -1.41. The lowest BCUT2D eigenvalue weighted by Gasteiger charge is -2.13. The van der Waals surface area contributed by atoms with Crippen molar-refractivity contribution in [3.8, 4) is 0 Å². The molecule has 4 aromatic carbocycles. The number of carbonyl (C=O) groups is 3. The minimum absolute atomic E-state index is 0.0207. The highest BCUT2D eigenvalue weighted by molar-refractivity contribution is 8.00. The monoisotopic (exact) mass is 634 g/mol. The van der Waals surface area contributed by atoms with Gasteiger partial charge in [-0.05, 0) is 66.6 Å². The number of nitro benzene ring substituents is 1. The van der Waals surface area contributed by atoms with Crippen LogP contribution in [0.1, 0.15) is 21.5 Å². The van der Waals surface area contributed by atoms with Crippen LogP contribution in [0.5, 0.6) is 0 Å². The number of halogens is 2. The number of thioether (sulfide) groups is 1. The molecule has 4 rings (SSSR count). The summed E-state index contributed by atoms with van der Waals surface area (Å²) in [4.78, 5) is 50.1. The van der Waals surface area contributed by atoms with Crippen molar-refractivity contribution in [1.29, 1.82) is 0 Å². The third kappa shape index (κ3) is 8.92. The summed E-state index contributed by atoms with van der Waals surface area (Å²) in [6.07, 6.45) is 1.45. The molecule has 0 bridgehead atoms. The zero-order chi connectivity index (χ0) is 30.9. The van der Waals surface area contributed by atoms with Crippen molar-refractivity contribution in [2.24, 2.45) is 0 Å². The van der Waals surface area contributed by atoms with E-state index in [0.717, 1.165) is 0 Å². The maximum atomic E-state index is 13.4. The SMILES string of the molecule is Cc1ccc([N+](=O)[O-])cc1NC(=O)CSc1cccc(NC(=O)/C(=C\c2ccc(Cl)cc2Cl)NC(=O)c2ccccc2)c1. The first-order chi connectivity index (χ1) is 20.6. The Kier molecular flexibility index (Phi) is 10.6. The molecule has 0 aromatic heterocycles. The van der Waals surface area contributed by atoms with Gasteiger partial charge in [-0.25, -0.2) is 0 Å². The molecule has 0 radical (unpaired) electrons. The zero-order valence-electron chi connectivity index (χ0n) is 22.6. The van der Waals surface area contributed by atoms with Crippen molar-refractivity contribution in [3.63, 3.8) is 0 Å². The average Bonchev–Trinajstić information content (AvgIpc) is 2.98. The van der Waals surface area contributed by atoms with Gasteiger partial charge in [-0.3, -0.25) is 24.5 Å². The van der Waals surface area contributed by atoms with E-state index in [9.17, 15) is 24.5 Å². The number of nitro groups is 1.